The van der Waals surface area contributed by atoms with Crippen molar-refractivity contribution >= 4 is 40.7 Å². The number of hydrogen-bond donors (Lipinski definition) is 4. The largest absolute Gasteiger partial charge is 0.508 e. The molecule has 0 saturated carbocycles. The Labute approximate surface area is 153 Å². The lowest BCUT2D eigenvalue weighted by atomic mass is 10.2. The zero-order valence-electron chi connectivity index (χ0n) is 12.8. The molecule has 0 aliphatic heterocycles. The molecule has 0 heterocycles. The lowest BCUT2D eigenvalue weighted by Crippen LogP contribution is -2.49. The summed E-state index contributed by atoms with van der Waals surface area (Å²) >= 11 is 10.6. The molecule has 2 rings (SSSR count). The van der Waals surface area contributed by atoms with E-state index in [0.29, 0.717) is 16.3 Å². The predicted molar refractivity (Wildman–Crippen MR) is 96.4 cm³/mol. The zero-order valence-corrected chi connectivity index (χ0v) is 14.4. The van der Waals surface area contributed by atoms with Gasteiger partial charge in [0.1, 0.15) is 11.5 Å². The van der Waals surface area contributed by atoms with Crippen LogP contribution in [0.5, 0.6) is 11.5 Å². The van der Waals surface area contributed by atoms with E-state index in [1.807, 2.05) is 0 Å². The first-order valence-corrected chi connectivity index (χ1v) is 7.80. The molecule has 9 heteroatoms. The number of carbonyl (C=O) groups excluding carboxylic acids is 2. The molecular weight excluding hydrogens is 366 g/mol. The van der Waals surface area contributed by atoms with Crippen LogP contribution in [0.25, 0.3) is 0 Å². The van der Waals surface area contributed by atoms with Gasteiger partial charge in [-0.2, -0.15) is 0 Å². The SMILES string of the molecule is O=C(COc1ccc(Cl)cc1)NC(=S)NNC(=O)c1ccc(O)cc1. The number of benzene rings is 2. The summed E-state index contributed by atoms with van der Waals surface area (Å²) in [7, 11) is 0. The quantitative estimate of drug-likeness (QED) is 0.477. The van der Waals surface area contributed by atoms with Crippen molar-refractivity contribution < 1.29 is 19.4 Å². The molecule has 130 valence electrons. The monoisotopic (exact) mass is 379 g/mol. The van der Waals surface area contributed by atoms with E-state index in [1.165, 1.54) is 24.3 Å². The van der Waals surface area contributed by atoms with E-state index >= 15 is 0 Å². The van der Waals surface area contributed by atoms with Crippen molar-refractivity contribution in [3.05, 3.63) is 59.1 Å². The molecule has 2 aromatic carbocycles. The Morgan fingerprint density at radius 2 is 1.68 bits per heavy atom. The maximum atomic E-state index is 11.8. The highest BCUT2D eigenvalue weighted by molar-refractivity contribution is 7.80. The second-order valence-corrected chi connectivity index (χ2v) is 5.59. The Bertz CT molecular complexity index is 766. The van der Waals surface area contributed by atoms with E-state index in [1.54, 1.807) is 24.3 Å². The summed E-state index contributed by atoms with van der Waals surface area (Å²) in [5.74, 6) is -0.438. The summed E-state index contributed by atoms with van der Waals surface area (Å²) in [5, 5.41) is 12.0. The van der Waals surface area contributed by atoms with Crippen LogP contribution in [0.3, 0.4) is 0 Å². The molecule has 0 bridgehead atoms. The van der Waals surface area contributed by atoms with Gasteiger partial charge in [-0.25, -0.2) is 0 Å². The van der Waals surface area contributed by atoms with Crippen LogP contribution in [-0.4, -0.2) is 28.6 Å². The third kappa shape index (κ3) is 6.28. The fourth-order valence-electron chi connectivity index (χ4n) is 1.67. The van der Waals surface area contributed by atoms with Crippen LogP contribution in [-0.2, 0) is 4.79 Å². The highest BCUT2D eigenvalue weighted by atomic mass is 35.5. The summed E-state index contributed by atoms with van der Waals surface area (Å²) < 4.78 is 5.26. The minimum absolute atomic E-state index is 0.0491. The van der Waals surface area contributed by atoms with E-state index in [9.17, 15) is 9.59 Å². The first-order valence-electron chi connectivity index (χ1n) is 7.01. The molecule has 0 aliphatic rings. The van der Waals surface area contributed by atoms with E-state index in [0.717, 1.165) is 0 Å². The summed E-state index contributed by atoms with van der Waals surface area (Å²) in [5.41, 5.74) is 5.03. The predicted octanol–water partition coefficient (Wildman–Crippen LogP) is 1.76. The van der Waals surface area contributed by atoms with Crippen LogP contribution in [0.4, 0.5) is 0 Å². The number of thiocarbonyl (C=S) groups is 1. The van der Waals surface area contributed by atoms with Gasteiger partial charge in [-0.1, -0.05) is 11.6 Å². The number of hydrogen-bond acceptors (Lipinski definition) is 5. The molecule has 2 amide bonds. The Morgan fingerprint density at radius 1 is 1.04 bits per heavy atom. The van der Waals surface area contributed by atoms with Gasteiger partial charge in [0, 0.05) is 10.6 Å². The summed E-state index contributed by atoms with van der Waals surface area (Å²) in [6, 6.07) is 12.2. The summed E-state index contributed by atoms with van der Waals surface area (Å²) in [6.07, 6.45) is 0. The second-order valence-electron chi connectivity index (χ2n) is 4.75. The van der Waals surface area contributed by atoms with Crippen LogP contribution < -0.4 is 20.9 Å². The van der Waals surface area contributed by atoms with Gasteiger partial charge >= 0.3 is 0 Å². The first-order chi connectivity index (χ1) is 11.9. The van der Waals surface area contributed by atoms with Gasteiger partial charge in [0.25, 0.3) is 11.8 Å². The van der Waals surface area contributed by atoms with Crippen molar-refractivity contribution in [2.45, 2.75) is 0 Å². The minimum Gasteiger partial charge on any atom is -0.508 e. The maximum absolute atomic E-state index is 11.8. The number of halogens is 1. The lowest BCUT2D eigenvalue weighted by Gasteiger charge is -2.11. The number of hydrazine groups is 1. The fraction of sp³-hybridized carbons (Fsp3) is 0.0625. The van der Waals surface area contributed by atoms with Crippen molar-refractivity contribution in [1.29, 1.82) is 0 Å². The van der Waals surface area contributed by atoms with E-state index in [-0.39, 0.29) is 17.5 Å². The maximum Gasteiger partial charge on any atom is 0.269 e. The van der Waals surface area contributed by atoms with E-state index < -0.39 is 11.8 Å². The number of rotatable bonds is 4. The molecule has 0 fully saturated rings. The highest BCUT2D eigenvalue weighted by Gasteiger charge is 2.08. The van der Waals surface area contributed by atoms with Gasteiger partial charge in [0.05, 0.1) is 0 Å². The zero-order chi connectivity index (χ0) is 18.2. The van der Waals surface area contributed by atoms with Crippen molar-refractivity contribution in [3.63, 3.8) is 0 Å². The van der Waals surface area contributed by atoms with Crippen LogP contribution in [0.15, 0.2) is 48.5 Å². The highest BCUT2D eigenvalue weighted by Crippen LogP contribution is 2.15. The van der Waals surface area contributed by atoms with Crippen molar-refractivity contribution in [2.75, 3.05) is 6.61 Å². The van der Waals surface area contributed by atoms with Crippen molar-refractivity contribution in [2.24, 2.45) is 0 Å². The number of nitrogens with one attached hydrogen (secondary N) is 3. The van der Waals surface area contributed by atoms with Crippen LogP contribution >= 0.6 is 23.8 Å². The van der Waals surface area contributed by atoms with Crippen molar-refractivity contribution in [3.8, 4) is 11.5 Å². The summed E-state index contributed by atoms with van der Waals surface area (Å²) in [4.78, 5) is 23.5. The molecular formula is C16H14ClN3O4S. The van der Waals surface area contributed by atoms with Gasteiger partial charge in [-0.15, -0.1) is 0 Å². The normalized spacial score (nSPS) is 9.80. The number of phenols is 1. The topological polar surface area (TPSA) is 99.7 Å². The van der Waals surface area contributed by atoms with E-state index in [2.05, 4.69) is 16.2 Å². The number of aromatic hydroxyl groups is 1. The molecule has 0 aliphatic carbocycles. The Balaban J connectivity index is 1.72. The smallest absolute Gasteiger partial charge is 0.269 e. The number of phenolic OH excluding ortho intramolecular Hbond substituents is 1. The molecule has 0 atom stereocenters. The molecule has 2 aromatic rings. The van der Waals surface area contributed by atoms with E-state index in [4.69, 9.17) is 33.7 Å². The molecule has 0 unspecified atom stereocenters. The van der Waals surface area contributed by atoms with Crippen LogP contribution in [0, 0.1) is 0 Å². The molecule has 0 aromatic heterocycles. The third-order valence-electron chi connectivity index (χ3n) is 2.86. The Kier molecular flexibility index (Phi) is 6.55. The molecule has 4 N–H and O–H groups in total. The molecule has 0 spiro atoms. The molecule has 0 saturated heterocycles. The first kappa shape index (κ1) is 18.5. The van der Waals surface area contributed by atoms with Gasteiger partial charge in [0.2, 0.25) is 0 Å². The number of ether oxygens (including phenoxy) is 1. The number of carbonyl (C=O) groups is 2. The van der Waals surface area contributed by atoms with Gasteiger partial charge < -0.3 is 9.84 Å². The van der Waals surface area contributed by atoms with Gasteiger partial charge in [-0.05, 0) is 60.7 Å². The van der Waals surface area contributed by atoms with Crippen LogP contribution in [0.2, 0.25) is 5.02 Å². The lowest BCUT2D eigenvalue weighted by molar-refractivity contribution is -0.121. The third-order valence-corrected chi connectivity index (χ3v) is 3.31. The standard InChI is InChI=1S/C16H14ClN3O4S/c17-11-3-7-13(8-4-11)24-9-14(22)18-16(25)20-19-15(23)10-1-5-12(21)6-2-10/h1-8,21H,9H2,(H,19,23)(H2,18,20,22,25). The molecule has 25 heavy (non-hydrogen) atoms. The second kappa shape index (κ2) is 8.86. The molecule has 0 radical (unpaired) electrons. The average Bonchev–Trinajstić information content (AvgIpc) is 2.60. The Hall–Kier alpha value is -2.84. The van der Waals surface area contributed by atoms with Gasteiger partial charge in [0.15, 0.2) is 11.7 Å². The van der Waals surface area contributed by atoms with Crippen molar-refractivity contribution in [1.82, 2.24) is 16.2 Å². The number of amides is 2. The Morgan fingerprint density at radius 3 is 2.32 bits per heavy atom. The average molecular weight is 380 g/mol. The van der Waals surface area contributed by atoms with Crippen LogP contribution in [0.1, 0.15) is 10.4 Å². The summed E-state index contributed by atoms with van der Waals surface area (Å²) in [6.45, 7) is -0.255. The fourth-order valence-corrected chi connectivity index (χ4v) is 1.96. The van der Waals surface area contributed by atoms with Gasteiger partial charge in [-0.3, -0.25) is 25.8 Å². The molecule has 7 nitrogen and oxygen atoms in total. The minimum atomic E-state index is -0.494.